The van der Waals surface area contributed by atoms with Crippen molar-refractivity contribution in [2.75, 3.05) is 0 Å². The normalized spacial score (nSPS) is 21.1. The van der Waals surface area contributed by atoms with E-state index in [1.165, 1.54) is 0 Å². The molecule has 0 radical (unpaired) electrons. The van der Waals surface area contributed by atoms with Crippen LogP contribution in [0, 0.1) is 0 Å². The average Bonchev–Trinajstić information content (AvgIpc) is 2.53. The van der Waals surface area contributed by atoms with Gasteiger partial charge in [0.05, 0.1) is 0 Å². The summed E-state index contributed by atoms with van der Waals surface area (Å²) in [6.45, 7) is 3.82. The van der Waals surface area contributed by atoms with Crippen molar-refractivity contribution in [3.05, 3.63) is 58.9 Å². The van der Waals surface area contributed by atoms with Gasteiger partial charge in [-0.05, 0) is 30.1 Å². The lowest BCUT2D eigenvalue weighted by molar-refractivity contribution is -0.133. The van der Waals surface area contributed by atoms with Crippen molar-refractivity contribution < 1.29 is 19.8 Å². The molecule has 0 fully saturated rings. The Hall–Kier alpha value is -2.56. The molecule has 22 heavy (non-hydrogen) atoms. The summed E-state index contributed by atoms with van der Waals surface area (Å²) < 4.78 is 0. The van der Waals surface area contributed by atoms with Gasteiger partial charge in [0.2, 0.25) is 0 Å². The van der Waals surface area contributed by atoms with Crippen LogP contribution in [0.2, 0.25) is 0 Å². The Kier molecular flexibility index (Phi) is 4.35. The maximum Gasteiger partial charge on any atom is 0.352 e. The molecule has 1 aromatic rings. The van der Waals surface area contributed by atoms with Crippen LogP contribution in [-0.4, -0.2) is 22.2 Å². The van der Waals surface area contributed by atoms with Crippen LogP contribution in [0.25, 0.3) is 0 Å². The number of carboxylic acids is 2. The summed E-state index contributed by atoms with van der Waals surface area (Å²) in [6, 6.07) is 9.43. The molecule has 1 heterocycles. The van der Waals surface area contributed by atoms with E-state index in [4.69, 9.17) is 0 Å². The lowest BCUT2D eigenvalue weighted by atomic mass is 9.68. The Morgan fingerprint density at radius 1 is 1.09 bits per heavy atom. The second-order valence-electron chi connectivity index (χ2n) is 5.19. The molecule has 1 unspecified atom stereocenters. The van der Waals surface area contributed by atoms with E-state index in [1.807, 2.05) is 44.2 Å². The highest BCUT2D eigenvalue weighted by molar-refractivity contribution is 5.94. The molecule has 5 nitrogen and oxygen atoms in total. The van der Waals surface area contributed by atoms with Crippen LogP contribution in [0.15, 0.2) is 53.4 Å². The molecule has 5 heteroatoms. The van der Waals surface area contributed by atoms with Crippen LogP contribution in [0.4, 0.5) is 0 Å². The lowest BCUT2D eigenvalue weighted by Gasteiger charge is -2.38. The molecule has 0 spiro atoms. The van der Waals surface area contributed by atoms with Gasteiger partial charge in [0.1, 0.15) is 11.4 Å². The van der Waals surface area contributed by atoms with Gasteiger partial charge in [-0.15, -0.1) is 0 Å². The number of benzene rings is 1. The van der Waals surface area contributed by atoms with Gasteiger partial charge >= 0.3 is 11.9 Å². The van der Waals surface area contributed by atoms with Crippen molar-refractivity contribution >= 4 is 11.9 Å². The van der Waals surface area contributed by atoms with E-state index in [9.17, 15) is 19.8 Å². The maximum absolute atomic E-state index is 11.6. The number of hydrogen-bond donors (Lipinski definition) is 3. The highest BCUT2D eigenvalue weighted by Crippen LogP contribution is 2.43. The van der Waals surface area contributed by atoms with Gasteiger partial charge in [-0.1, -0.05) is 44.2 Å². The van der Waals surface area contributed by atoms with Crippen molar-refractivity contribution in [1.29, 1.82) is 0 Å². The van der Waals surface area contributed by atoms with Gasteiger partial charge in [0, 0.05) is 5.41 Å². The molecule has 3 N–H and O–H groups in total. The monoisotopic (exact) mass is 301 g/mol. The van der Waals surface area contributed by atoms with E-state index in [2.05, 4.69) is 5.32 Å². The maximum atomic E-state index is 11.6. The third-order valence-corrected chi connectivity index (χ3v) is 4.14. The number of nitrogens with one attached hydrogen (secondary N) is 1. The third-order valence-electron chi connectivity index (χ3n) is 4.14. The minimum Gasteiger partial charge on any atom is -0.477 e. The van der Waals surface area contributed by atoms with Crippen molar-refractivity contribution in [1.82, 2.24) is 5.32 Å². The molecule has 1 atom stereocenters. The molecule has 0 bridgehead atoms. The number of allylic oxidation sites excluding steroid dienone is 2. The summed E-state index contributed by atoms with van der Waals surface area (Å²) in [7, 11) is 0. The molecule has 0 aromatic heterocycles. The molecule has 1 aromatic carbocycles. The molecule has 0 amide bonds. The van der Waals surface area contributed by atoms with Gasteiger partial charge in [0.25, 0.3) is 0 Å². The van der Waals surface area contributed by atoms with Gasteiger partial charge < -0.3 is 15.5 Å². The smallest absolute Gasteiger partial charge is 0.352 e. The largest absolute Gasteiger partial charge is 0.477 e. The van der Waals surface area contributed by atoms with Crippen LogP contribution in [-0.2, 0) is 15.0 Å². The number of carboxylic acid groups (broad SMARTS) is 2. The van der Waals surface area contributed by atoms with Crippen LogP contribution < -0.4 is 5.32 Å². The van der Waals surface area contributed by atoms with Crippen LogP contribution in [0.3, 0.4) is 0 Å². The summed E-state index contributed by atoms with van der Waals surface area (Å²) in [6.07, 6.45) is 2.73. The van der Waals surface area contributed by atoms with Gasteiger partial charge in [-0.2, -0.15) is 0 Å². The molecular formula is C17H19NO4. The molecule has 116 valence electrons. The third kappa shape index (κ3) is 2.50. The van der Waals surface area contributed by atoms with Gasteiger partial charge in [0.15, 0.2) is 0 Å². The number of rotatable bonds is 5. The second kappa shape index (κ2) is 6.05. The van der Waals surface area contributed by atoms with Crippen LogP contribution in [0.5, 0.6) is 0 Å². The van der Waals surface area contributed by atoms with E-state index < -0.39 is 17.4 Å². The van der Waals surface area contributed by atoms with Crippen molar-refractivity contribution in [3.8, 4) is 0 Å². The fourth-order valence-corrected chi connectivity index (χ4v) is 3.11. The van der Waals surface area contributed by atoms with Crippen LogP contribution in [0.1, 0.15) is 32.3 Å². The van der Waals surface area contributed by atoms with Crippen molar-refractivity contribution in [2.24, 2.45) is 0 Å². The summed E-state index contributed by atoms with van der Waals surface area (Å²) in [5.74, 6) is -2.31. The molecular weight excluding hydrogens is 282 g/mol. The molecule has 0 saturated carbocycles. The summed E-state index contributed by atoms with van der Waals surface area (Å²) >= 11 is 0. The fourth-order valence-electron chi connectivity index (χ4n) is 3.11. The zero-order chi connectivity index (χ0) is 16.3. The Balaban J connectivity index is 2.77. The summed E-state index contributed by atoms with van der Waals surface area (Å²) in [5, 5.41) is 21.4. The van der Waals surface area contributed by atoms with Crippen molar-refractivity contribution in [2.45, 2.75) is 32.1 Å². The molecule has 0 saturated heterocycles. The zero-order valence-electron chi connectivity index (χ0n) is 12.6. The summed E-state index contributed by atoms with van der Waals surface area (Å²) in [5.41, 5.74) is 0.739. The first kappa shape index (κ1) is 15.8. The van der Waals surface area contributed by atoms with E-state index in [1.54, 1.807) is 6.08 Å². The minimum atomic E-state index is -1.16. The van der Waals surface area contributed by atoms with Gasteiger partial charge in [-0.3, -0.25) is 0 Å². The number of hydrogen-bond acceptors (Lipinski definition) is 3. The zero-order valence-corrected chi connectivity index (χ0v) is 12.6. The van der Waals surface area contributed by atoms with Crippen molar-refractivity contribution in [3.63, 3.8) is 0 Å². The Morgan fingerprint density at radius 2 is 1.73 bits per heavy atom. The first-order valence-corrected chi connectivity index (χ1v) is 7.21. The van der Waals surface area contributed by atoms with E-state index >= 15 is 0 Å². The highest BCUT2D eigenvalue weighted by atomic mass is 16.4. The number of dihydropyridines is 1. The SMILES string of the molecule is CCC1=C(C(=O)O)NC(C(=O)O)=CC1(CC)c1ccccc1. The average molecular weight is 301 g/mol. The van der Waals surface area contributed by atoms with E-state index in [0.717, 1.165) is 5.56 Å². The fraction of sp³-hybridized carbons (Fsp3) is 0.294. The number of carbonyl (C=O) groups is 2. The molecule has 1 aliphatic rings. The van der Waals surface area contributed by atoms with Crippen LogP contribution >= 0.6 is 0 Å². The topological polar surface area (TPSA) is 86.6 Å². The molecule has 0 aliphatic carbocycles. The quantitative estimate of drug-likeness (QED) is 0.778. The standard InChI is InChI=1S/C17H19NO4/c1-3-12-14(16(21)22)18-13(15(19)20)10-17(12,4-2)11-8-6-5-7-9-11/h5-10,18H,3-4H2,1-2H3,(H,19,20)(H,21,22). The van der Waals surface area contributed by atoms with E-state index in [-0.39, 0.29) is 11.4 Å². The Bertz CT molecular complexity index is 660. The predicted octanol–water partition coefficient (Wildman–Crippen LogP) is 2.65. The first-order valence-electron chi connectivity index (χ1n) is 7.21. The number of aliphatic carboxylic acids is 2. The summed E-state index contributed by atoms with van der Waals surface area (Å²) in [4.78, 5) is 23.0. The molecule has 1 aliphatic heterocycles. The Labute approximate surface area is 129 Å². The van der Waals surface area contributed by atoms with Gasteiger partial charge in [-0.25, -0.2) is 9.59 Å². The lowest BCUT2D eigenvalue weighted by Crippen LogP contribution is -2.39. The van der Waals surface area contributed by atoms with E-state index in [0.29, 0.717) is 18.4 Å². The predicted molar refractivity (Wildman–Crippen MR) is 82.2 cm³/mol. The minimum absolute atomic E-state index is 0.0342. The molecule has 2 rings (SSSR count). The second-order valence-corrected chi connectivity index (χ2v) is 5.19. The first-order chi connectivity index (χ1) is 10.5. The highest BCUT2D eigenvalue weighted by Gasteiger charge is 2.40. The Morgan fingerprint density at radius 3 is 2.18 bits per heavy atom.